The fourth-order valence-electron chi connectivity index (χ4n) is 3.75. The molecule has 1 atom stereocenters. The molecule has 4 N–H and O–H groups in total. The fourth-order valence-corrected chi connectivity index (χ4v) is 3.75. The molecule has 0 heterocycles. The van der Waals surface area contributed by atoms with Crippen molar-refractivity contribution in [1.29, 1.82) is 0 Å². The lowest BCUT2D eigenvalue weighted by Crippen LogP contribution is -2.30. The maximum atomic E-state index is 11.7. The van der Waals surface area contributed by atoms with Crippen molar-refractivity contribution in [2.75, 3.05) is 0 Å². The van der Waals surface area contributed by atoms with Crippen LogP contribution < -0.4 is 21.9 Å². The number of amides is 2. The zero-order chi connectivity index (χ0) is 17.6. The van der Waals surface area contributed by atoms with Crippen LogP contribution >= 0.6 is 0 Å². The Morgan fingerprint density at radius 2 is 1.80 bits per heavy atom. The molecule has 0 spiro atoms. The van der Waals surface area contributed by atoms with Gasteiger partial charge in [-0.15, -0.1) is 0 Å². The molecule has 0 aliphatic heterocycles. The molecule has 0 fully saturated rings. The summed E-state index contributed by atoms with van der Waals surface area (Å²) in [5.41, 5.74) is 14.0. The van der Waals surface area contributed by atoms with Crippen molar-refractivity contribution in [3.05, 3.63) is 63.6 Å². The van der Waals surface area contributed by atoms with Crippen molar-refractivity contribution in [2.24, 2.45) is 17.4 Å². The number of primary amides is 2. The van der Waals surface area contributed by atoms with Crippen molar-refractivity contribution in [1.82, 2.24) is 0 Å². The minimum Gasteiger partial charge on any atom is -0.370 e. The predicted molar refractivity (Wildman–Crippen MR) is 99.4 cm³/mol. The number of benzene rings is 2. The van der Waals surface area contributed by atoms with Gasteiger partial charge >= 0.3 is 0 Å². The standard InChI is InChI=1S/C21H18N2O2/c22-20(24)11-19(21(23)25)14-5-7-16-13(10-14)6-9-17-15-3-1-2-12(15)4-8-18(16)17/h1-6,8-10,19H,7,11H2,(H2,22,24)(H2,23,25). The lowest BCUT2D eigenvalue weighted by atomic mass is 9.86. The molecule has 2 aromatic rings. The molecule has 0 radical (unpaired) electrons. The van der Waals surface area contributed by atoms with Gasteiger partial charge in [-0.25, -0.2) is 0 Å². The van der Waals surface area contributed by atoms with Crippen LogP contribution in [0.15, 0.2) is 42.0 Å². The van der Waals surface area contributed by atoms with Crippen LogP contribution in [0.3, 0.4) is 0 Å². The Morgan fingerprint density at radius 1 is 1.04 bits per heavy atom. The quantitative estimate of drug-likeness (QED) is 0.872. The highest BCUT2D eigenvalue weighted by Gasteiger charge is 2.23. The zero-order valence-electron chi connectivity index (χ0n) is 13.7. The molecule has 2 amide bonds. The predicted octanol–water partition coefficient (Wildman–Crippen LogP) is 0.887. The van der Waals surface area contributed by atoms with Gasteiger partial charge in [0.2, 0.25) is 11.8 Å². The number of nitrogens with two attached hydrogens (primary N) is 2. The summed E-state index contributed by atoms with van der Waals surface area (Å²) < 4.78 is 0. The van der Waals surface area contributed by atoms with Crippen LogP contribution in [0.25, 0.3) is 29.0 Å². The Hall–Kier alpha value is -3.14. The van der Waals surface area contributed by atoms with E-state index in [2.05, 4.69) is 42.5 Å². The van der Waals surface area contributed by atoms with Crippen molar-refractivity contribution >= 4 is 40.8 Å². The minimum atomic E-state index is -0.668. The highest BCUT2D eigenvalue weighted by molar-refractivity contribution is 5.96. The normalized spacial score (nSPS) is 15.6. The lowest BCUT2D eigenvalue weighted by Gasteiger charge is -2.18. The molecule has 25 heavy (non-hydrogen) atoms. The molecule has 124 valence electrons. The van der Waals surface area contributed by atoms with E-state index in [4.69, 9.17) is 11.5 Å². The molecule has 2 aliphatic carbocycles. The third-order valence-electron chi connectivity index (χ3n) is 4.98. The summed E-state index contributed by atoms with van der Waals surface area (Å²) in [5, 5.41) is 4.74. The molecule has 4 heteroatoms. The average Bonchev–Trinajstić information content (AvgIpc) is 3.07. The van der Waals surface area contributed by atoms with Crippen LogP contribution in [0.2, 0.25) is 0 Å². The van der Waals surface area contributed by atoms with Gasteiger partial charge in [0.1, 0.15) is 0 Å². The van der Waals surface area contributed by atoms with E-state index >= 15 is 0 Å². The fraction of sp³-hybridized carbons (Fsp3) is 0.143. The van der Waals surface area contributed by atoms with E-state index in [0.717, 1.165) is 10.8 Å². The van der Waals surface area contributed by atoms with Crippen LogP contribution in [0.5, 0.6) is 0 Å². The Kier molecular flexibility index (Phi) is 3.53. The number of hydrogen-bond donors (Lipinski definition) is 2. The number of carbonyl (C=O) groups excluding carboxylic acids is 2. The first kappa shape index (κ1) is 15.4. The second kappa shape index (κ2) is 5.74. The van der Waals surface area contributed by atoms with Gasteiger partial charge in [-0.1, -0.05) is 54.6 Å². The van der Waals surface area contributed by atoms with Gasteiger partial charge in [0.15, 0.2) is 0 Å². The molecule has 2 aromatic carbocycles. The molecular formula is C21H18N2O2. The smallest absolute Gasteiger partial charge is 0.225 e. The van der Waals surface area contributed by atoms with Gasteiger partial charge < -0.3 is 11.5 Å². The molecule has 0 bridgehead atoms. The molecule has 0 saturated carbocycles. The largest absolute Gasteiger partial charge is 0.370 e. The number of fused-ring (bicyclic) bond motifs is 5. The number of carbonyl (C=O) groups is 2. The van der Waals surface area contributed by atoms with Gasteiger partial charge in [-0.3, -0.25) is 9.59 Å². The second-order valence-electron chi connectivity index (χ2n) is 6.50. The van der Waals surface area contributed by atoms with Crippen molar-refractivity contribution < 1.29 is 9.59 Å². The maximum absolute atomic E-state index is 11.7. The summed E-state index contributed by atoms with van der Waals surface area (Å²) in [7, 11) is 0. The van der Waals surface area contributed by atoms with E-state index in [1.54, 1.807) is 0 Å². The minimum absolute atomic E-state index is 0.0608. The van der Waals surface area contributed by atoms with Crippen molar-refractivity contribution in [3.63, 3.8) is 0 Å². The van der Waals surface area contributed by atoms with Crippen LogP contribution in [-0.4, -0.2) is 11.8 Å². The Labute approximate surface area is 144 Å². The third kappa shape index (κ3) is 2.56. The maximum Gasteiger partial charge on any atom is 0.225 e. The molecule has 4 rings (SSSR count). The van der Waals surface area contributed by atoms with Gasteiger partial charge in [0.25, 0.3) is 0 Å². The first-order valence-corrected chi connectivity index (χ1v) is 8.27. The molecule has 0 aromatic heterocycles. The second-order valence-corrected chi connectivity index (χ2v) is 6.50. The van der Waals surface area contributed by atoms with E-state index in [0.29, 0.717) is 6.42 Å². The Balaban J connectivity index is 1.84. The summed E-state index contributed by atoms with van der Waals surface area (Å²) in [4.78, 5) is 23.0. The molecule has 0 saturated heterocycles. The SMILES string of the molecule is NC(=O)CC(C(N)=O)C1=CCc2c(ccc3c4c(ccc23)=CC=C4)=C1. The lowest BCUT2D eigenvalue weighted by molar-refractivity contribution is -0.125. The van der Waals surface area contributed by atoms with E-state index in [1.807, 2.05) is 12.2 Å². The van der Waals surface area contributed by atoms with Crippen molar-refractivity contribution in [2.45, 2.75) is 12.8 Å². The monoisotopic (exact) mass is 330 g/mol. The summed E-state index contributed by atoms with van der Waals surface area (Å²) in [6.07, 6.45) is 10.9. The van der Waals surface area contributed by atoms with Crippen LogP contribution in [0, 0.1) is 5.92 Å². The third-order valence-corrected chi connectivity index (χ3v) is 4.98. The van der Waals surface area contributed by atoms with E-state index in [1.165, 1.54) is 27.1 Å². The van der Waals surface area contributed by atoms with E-state index in [-0.39, 0.29) is 6.42 Å². The highest BCUT2D eigenvalue weighted by Crippen LogP contribution is 2.25. The van der Waals surface area contributed by atoms with Crippen LogP contribution in [0.4, 0.5) is 0 Å². The van der Waals surface area contributed by atoms with Gasteiger partial charge in [-0.2, -0.15) is 0 Å². The Bertz CT molecular complexity index is 1110. The first-order chi connectivity index (χ1) is 12.0. The summed E-state index contributed by atoms with van der Waals surface area (Å²) in [5.74, 6) is -1.72. The van der Waals surface area contributed by atoms with Crippen molar-refractivity contribution in [3.8, 4) is 0 Å². The summed E-state index contributed by atoms with van der Waals surface area (Å²) >= 11 is 0. The first-order valence-electron chi connectivity index (χ1n) is 8.27. The highest BCUT2D eigenvalue weighted by atomic mass is 16.2. The summed E-state index contributed by atoms with van der Waals surface area (Å²) in [6, 6.07) is 8.47. The topological polar surface area (TPSA) is 86.2 Å². The molecular weight excluding hydrogens is 312 g/mol. The molecule has 2 aliphatic rings. The van der Waals surface area contributed by atoms with Crippen LogP contribution in [0.1, 0.15) is 17.5 Å². The number of hydrogen-bond acceptors (Lipinski definition) is 2. The number of allylic oxidation sites excluding steroid dienone is 2. The molecule has 1 unspecified atom stereocenters. The summed E-state index contributed by atoms with van der Waals surface area (Å²) in [6.45, 7) is 0. The van der Waals surface area contributed by atoms with Crippen LogP contribution in [-0.2, 0) is 16.0 Å². The Morgan fingerprint density at radius 3 is 2.56 bits per heavy atom. The molecule has 4 nitrogen and oxygen atoms in total. The van der Waals surface area contributed by atoms with Gasteiger partial charge in [0, 0.05) is 6.42 Å². The van der Waals surface area contributed by atoms with Gasteiger partial charge in [-0.05, 0) is 44.3 Å². The average molecular weight is 330 g/mol. The van der Waals surface area contributed by atoms with E-state index < -0.39 is 17.7 Å². The van der Waals surface area contributed by atoms with Gasteiger partial charge in [0.05, 0.1) is 5.92 Å². The number of rotatable bonds is 4. The van der Waals surface area contributed by atoms with E-state index in [9.17, 15) is 9.59 Å². The zero-order valence-corrected chi connectivity index (χ0v) is 13.7.